The first-order chi connectivity index (χ1) is 18.3. The van der Waals surface area contributed by atoms with Crippen LogP contribution in [-0.2, 0) is 25.6 Å². The van der Waals surface area contributed by atoms with E-state index >= 15 is 0 Å². The van der Waals surface area contributed by atoms with Crippen LogP contribution in [0.2, 0.25) is 0 Å². The molecule has 2 N–H and O–H groups in total. The van der Waals surface area contributed by atoms with Gasteiger partial charge in [0, 0.05) is 5.75 Å². The second kappa shape index (κ2) is 14.5. The largest absolute Gasteiger partial charge is 0.457 e. The molecule has 2 heterocycles. The van der Waals surface area contributed by atoms with Gasteiger partial charge < -0.3 is 20.1 Å². The molecule has 1 aromatic heterocycles. The van der Waals surface area contributed by atoms with Crippen molar-refractivity contribution in [3.63, 3.8) is 0 Å². The molecule has 10 heteroatoms. The molecule has 2 amide bonds. The number of carbonyl (C=O) groups excluding carboxylic acids is 3. The third-order valence-corrected chi connectivity index (χ3v) is 7.13. The Morgan fingerprint density at radius 3 is 2.54 bits per heavy atom. The molecule has 0 aromatic carbocycles. The van der Waals surface area contributed by atoms with Crippen LogP contribution >= 0.6 is 11.8 Å². The van der Waals surface area contributed by atoms with Crippen LogP contribution < -0.4 is 10.6 Å². The highest BCUT2D eigenvalue weighted by atomic mass is 32.2. The normalized spacial score (nSPS) is 18.9. The summed E-state index contributed by atoms with van der Waals surface area (Å²) in [5.41, 5.74) is -0.399. The zero-order chi connectivity index (χ0) is 29.2. The minimum Gasteiger partial charge on any atom is -0.457 e. The van der Waals surface area contributed by atoms with Crippen molar-refractivity contribution in [1.29, 1.82) is 0 Å². The number of allylic oxidation sites excluding steroid dienone is 1. The number of nitrogens with one attached hydrogen (secondary N) is 2. The molecule has 0 bridgehead atoms. The van der Waals surface area contributed by atoms with Crippen molar-refractivity contribution in [2.75, 3.05) is 5.75 Å². The molecule has 0 saturated carbocycles. The smallest absolute Gasteiger partial charge is 0.407 e. The summed E-state index contributed by atoms with van der Waals surface area (Å²) < 4.78 is 11.0. The fraction of sp³-hybridized carbons (Fsp3) is 0.621. The second-order valence-electron chi connectivity index (χ2n) is 11.1. The summed E-state index contributed by atoms with van der Waals surface area (Å²) in [6.45, 7) is 15.2. The standard InChI is InChI=1S/C29H44N4O5S/c1-9-11-12-15-21(10-2)37-25(34)23(19(3)4)32-26(35)29(8)18-39-24(33-29)22-16-13-14-20(31-22)17-30-27(36)38-28(5,6)7/h12-16,19,21,23H,9-11,17-18H2,1-8H3,(H,30,36)(H,32,35). The Morgan fingerprint density at radius 1 is 1.21 bits per heavy atom. The van der Waals surface area contributed by atoms with E-state index in [0.717, 1.165) is 12.8 Å². The van der Waals surface area contributed by atoms with E-state index in [0.29, 0.717) is 28.6 Å². The van der Waals surface area contributed by atoms with Gasteiger partial charge in [-0.1, -0.05) is 46.3 Å². The Labute approximate surface area is 237 Å². The molecule has 0 radical (unpaired) electrons. The zero-order valence-corrected chi connectivity index (χ0v) is 25.3. The van der Waals surface area contributed by atoms with Gasteiger partial charge in [-0.15, -0.1) is 11.8 Å². The number of aromatic nitrogens is 1. The van der Waals surface area contributed by atoms with Crippen molar-refractivity contribution in [2.24, 2.45) is 10.9 Å². The van der Waals surface area contributed by atoms with Gasteiger partial charge in [0.25, 0.3) is 0 Å². The summed E-state index contributed by atoms with van der Waals surface area (Å²) in [5, 5.41) is 6.22. The first-order valence-electron chi connectivity index (χ1n) is 13.6. The van der Waals surface area contributed by atoms with Crippen LogP contribution in [0.15, 0.2) is 35.3 Å². The number of esters is 1. The summed E-state index contributed by atoms with van der Waals surface area (Å²) in [5.74, 6) is -0.530. The Kier molecular flexibility index (Phi) is 12.0. The van der Waals surface area contributed by atoms with E-state index < -0.39 is 29.2 Å². The SMILES string of the molecule is CCCC=CC(CC)OC(=O)C(NC(=O)C1(C)CSC(c2cccc(CNC(=O)OC(C)(C)C)n2)=N1)C(C)C. The summed E-state index contributed by atoms with van der Waals surface area (Å²) in [7, 11) is 0. The summed E-state index contributed by atoms with van der Waals surface area (Å²) in [4.78, 5) is 47.6. The molecule has 0 aliphatic carbocycles. The highest BCUT2D eigenvalue weighted by Gasteiger charge is 2.41. The van der Waals surface area contributed by atoms with Gasteiger partial charge in [0.1, 0.15) is 28.3 Å². The molecule has 39 heavy (non-hydrogen) atoms. The molecule has 216 valence electrons. The minimum absolute atomic E-state index is 0.157. The quantitative estimate of drug-likeness (QED) is 0.267. The number of rotatable bonds is 12. The van der Waals surface area contributed by atoms with Crippen LogP contribution in [0.4, 0.5) is 4.79 Å². The third-order valence-electron chi connectivity index (χ3n) is 5.85. The van der Waals surface area contributed by atoms with Gasteiger partial charge in [-0.3, -0.25) is 9.79 Å². The number of ether oxygens (including phenoxy) is 2. The lowest BCUT2D eigenvalue weighted by molar-refractivity contribution is -0.152. The van der Waals surface area contributed by atoms with Crippen molar-refractivity contribution in [3.05, 3.63) is 41.7 Å². The number of thioether (sulfide) groups is 1. The lowest BCUT2D eigenvalue weighted by Crippen LogP contribution is -2.53. The highest BCUT2D eigenvalue weighted by molar-refractivity contribution is 8.14. The van der Waals surface area contributed by atoms with Crippen molar-refractivity contribution in [3.8, 4) is 0 Å². The van der Waals surface area contributed by atoms with Crippen LogP contribution in [0.1, 0.15) is 86.0 Å². The molecular formula is C29H44N4O5S. The maximum absolute atomic E-state index is 13.4. The molecule has 1 aliphatic heterocycles. The minimum atomic E-state index is -1.06. The third kappa shape index (κ3) is 10.3. The van der Waals surface area contributed by atoms with Gasteiger partial charge in [0.15, 0.2) is 0 Å². The molecule has 3 atom stereocenters. The first kappa shape index (κ1) is 32.3. The zero-order valence-electron chi connectivity index (χ0n) is 24.5. The number of pyridine rings is 1. The Morgan fingerprint density at radius 2 is 1.92 bits per heavy atom. The molecule has 0 fully saturated rings. The fourth-order valence-corrected chi connectivity index (χ4v) is 4.75. The lowest BCUT2D eigenvalue weighted by Gasteiger charge is -2.27. The number of alkyl carbamates (subject to hydrolysis) is 1. The Balaban J connectivity index is 2.09. The van der Waals surface area contributed by atoms with Crippen LogP contribution in [0, 0.1) is 5.92 Å². The van der Waals surface area contributed by atoms with Crippen LogP contribution in [-0.4, -0.2) is 57.0 Å². The van der Waals surface area contributed by atoms with E-state index in [1.54, 1.807) is 33.8 Å². The molecule has 3 unspecified atom stereocenters. The fourth-order valence-electron chi connectivity index (χ4n) is 3.61. The predicted octanol–water partition coefficient (Wildman–Crippen LogP) is 5.18. The van der Waals surface area contributed by atoms with E-state index in [1.165, 1.54) is 11.8 Å². The maximum atomic E-state index is 13.4. The summed E-state index contributed by atoms with van der Waals surface area (Å²) in [6.07, 6.45) is 5.69. The average Bonchev–Trinajstić information content (AvgIpc) is 3.27. The second-order valence-corrected chi connectivity index (χ2v) is 12.1. The van der Waals surface area contributed by atoms with Gasteiger partial charge in [0.2, 0.25) is 5.91 Å². The van der Waals surface area contributed by atoms with Crippen molar-refractivity contribution in [2.45, 2.75) is 104 Å². The number of hydrogen-bond donors (Lipinski definition) is 2. The van der Waals surface area contributed by atoms with E-state index in [4.69, 9.17) is 14.5 Å². The predicted molar refractivity (Wildman–Crippen MR) is 156 cm³/mol. The van der Waals surface area contributed by atoms with Gasteiger partial charge >= 0.3 is 12.1 Å². The lowest BCUT2D eigenvalue weighted by atomic mass is 10.0. The number of unbranched alkanes of at least 4 members (excludes halogenated alkanes) is 1. The van der Waals surface area contributed by atoms with Crippen molar-refractivity contribution >= 4 is 34.8 Å². The van der Waals surface area contributed by atoms with Gasteiger partial charge in [-0.05, 0) is 64.7 Å². The number of hydrogen-bond acceptors (Lipinski definition) is 8. The summed E-state index contributed by atoms with van der Waals surface area (Å²) in [6, 6.07) is 4.66. The molecule has 9 nitrogen and oxygen atoms in total. The summed E-state index contributed by atoms with van der Waals surface area (Å²) >= 11 is 1.43. The van der Waals surface area contributed by atoms with Crippen LogP contribution in [0.3, 0.4) is 0 Å². The van der Waals surface area contributed by atoms with E-state index in [2.05, 4.69) is 22.5 Å². The van der Waals surface area contributed by atoms with Crippen molar-refractivity contribution in [1.82, 2.24) is 15.6 Å². The van der Waals surface area contributed by atoms with Gasteiger partial charge in [0.05, 0.1) is 17.9 Å². The van der Waals surface area contributed by atoms with Crippen LogP contribution in [0.5, 0.6) is 0 Å². The molecule has 1 aromatic rings. The molecule has 2 rings (SSSR count). The molecule has 0 spiro atoms. The topological polar surface area (TPSA) is 119 Å². The maximum Gasteiger partial charge on any atom is 0.407 e. The molecule has 0 saturated heterocycles. The first-order valence-corrected chi connectivity index (χ1v) is 14.6. The number of amides is 2. The van der Waals surface area contributed by atoms with Crippen LogP contribution in [0.25, 0.3) is 0 Å². The van der Waals surface area contributed by atoms with Crippen molar-refractivity contribution < 1.29 is 23.9 Å². The molecular weight excluding hydrogens is 516 g/mol. The van der Waals surface area contributed by atoms with E-state index in [-0.39, 0.29) is 24.5 Å². The van der Waals surface area contributed by atoms with Gasteiger partial charge in [-0.2, -0.15) is 0 Å². The number of carbonyl (C=O) groups is 3. The molecule has 1 aliphatic rings. The average molecular weight is 561 g/mol. The highest BCUT2D eigenvalue weighted by Crippen LogP contribution is 2.31. The number of nitrogens with zero attached hydrogens (tertiary/aromatic N) is 2. The van der Waals surface area contributed by atoms with E-state index in [1.807, 2.05) is 45.1 Å². The monoisotopic (exact) mass is 560 g/mol. The number of aliphatic imine (C=N–C) groups is 1. The Hall–Kier alpha value is -2.88. The van der Waals surface area contributed by atoms with Gasteiger partial charge in [-0.25, -0.2) is 14.6 Å². The Bertz CT molecular complexity index is 1070. The van der Waals surface area contributed by atoms with E-state index in [9.17, 15) is 14.4 Å².